The number of nitrogens with one attached hydrogen (secondary N) is 1. The van der Waals surface area contributed by atoms with E-state index in [1.807, 2.05) is 31.2 Å². The molecule has 1 heterocycles. The monoisotopic (exact) mass is 310 g/mol. The topological polar surface area (TPSA) is 41.6 Å². The number of benzene rings is 1. The zero-order valence-corrected chi connectivity index (χ0v) is 13.2. The van der Waals surface area contributed by atoms with Gasteiger partial charge in [0.25, 0.3) is 0 Å². The van der Waals surface area contributed by atoms with Gasteiger partial charge in [0.2, 0.25) is 5.91 Å². The molecule has 0 saturated carbocycles. The Kier molecular flexibility index (Phi) is 6.49. The third-order valence-electron chi connectivity index (χ3n) is 3.78. The van der Waals surface area contributed by atoms with E-state index in [-0.39, 0.29) is 18.6 Å². The van der Waals surface area contributed by atoms with Gasteiger partial charge in [-0.05, 0) is 44.5 Å². The molecule has 0 spiro atoms. The van der Waals surface area contributed by atoms with E-state index < -0.39 is 0 Å². The van der Waals surface area contributed by atoms with Gasteiger partial charge >= 0.3 is 0 Å². The van der Waals surface area contributed by atoms with Crippen LogP contribution in [0.5, 0.6) is 0 Å². The first-order valence-corrected chi connectivity index (χ1v) is 7.92. The number of likely N-dealkylation sites (N-methyl/N-ethyl adjacent to an activating group) is 1. The molecule has 0 bridgehead atoms. The molecule has 2 rings (SSSR count). The molecule has 116 valence electrons. The Morgan fingerprint density at radius 2 is 2.10 bits per heavy atom. The lowest BCUT2D eigenvalue weighted by Gasteiger charge is -2.25. The van der Waals surface area contributed by atoms with E-state index in [0.29, 0.717) is 18.1 Å². The lowest BCUT2D eigenvalue weighted by Crippen LogP contribution is -2.37. The molecule has 0 aromatic heterocycles. The fraction of sp³-hybridized carbons (Fsp3) is 0.562. The van der Waals surface area contributed by atoms with Gasteiger partial charge in [0.15, 0.2) is 0 Å². The summed E-state index contributed by atoms with van der Waals surface area (Å²) in [5, 5.41) is 3.98. The van der Waals surface area contributed by atoms with Crippen molar-refractivity contribution in [3.05, 3.63) is 34.9 Å². The standard InChI is InChI=1S/C16H23ClN2O2/c1-2-19(11-13-5-3-4-6-15(13)17)16(20)12-21-14-7-9-18-10-8-14/h3-6,14,18H,2,7-12H2,1H3. The molecule has 1 fully saturated rings. The number of carbonyl (C=O) groups excluding carboxylic acids is 1. The van der Waals surface area contributed by atoms with Crippen molar-refractivity contribution in [2.45, 2.75) is 32.4 Å². The number of ether oxygens (including phenoxy) is 1. The van der Waals surface area contributed by atoms with Crippen molar-refractivity contribution in [3.8, 4) is 0 Å². The molecule has 5 heteroatoms. The molecular weight excluding hydrogens is 288 g/mol. The van der Waals surface area contributed by atoms with Gasteiger partial charge in [0.1, 0.15) is 6.61 Å². The second-order valence-corrected chi connectivity index (χ2v) is 5.67. The van der Waals surface area contributed by atoms with Crippen LogP contribution >= 0.6 is 11.6 Å². The Morgan fingerprint density at radius 1 is 1.38 bits per heavy atom. The summed E-state index contributed by atoms with van der Waals surface area (Å²) in [6, 6.07) is 7.63. The van der Waals surface area contributed by atoms with E-state index in [2.05, 4.69) is 5.32 Å². The van der Waals surface area contributed by atoms with Gasteiger partial charge in [-0.15, -0.1) is 0 Å². The fourth-order valence-electron chi connectivity index (χ4n) is 2.45. The maximum absolute atomic E-state index is 12.3. The SMILES string of the molecule is CCN(Cc1ccccc1Cl)C(=O)COC1CCNCC1. The molecule has 0 radical (unpaired) electrons. The summed E-state index contributed by atoms with van der Waals surface area (Å²) < 4.78 is 5.73. The molecule has 1 aromatic rings. The van der Waals surface area contributed by atoms with Crippen LogP contribution in [0.2, 0.25) is 5.02 Å². The molecular formula is C16H23ClN2O2. The minimum atomic E-state index is 0.0240. The van der Waals surface area contributed by atoms with Crippen molar-refractivity contribution >= 4 is 17.5 Å². The molecule has 1 aromatic carbocycles. The number of halogens is 1. The first-order valence-electron chi connectivity index (χ1n) is 7.54. The fourth-order valence-corrected chi connectivity index (χ4v) is 2.65. The van der Waals surface area contributed by atoms with Crippen molar-refractivity contribution in [1.29, 1.82) is 0 Å². The molecule has 0 aliphatic carbocycles. The number of rotatable bonds is 6. The predicted octanol–water partition coefficient (Wildman–Crippen LogP) is 2.46. The van der Waals surface area contributed by atoms with E-state index in [1.165, 1.54) is 0 Å². The summed E-state index contributed by atoms with van der Waals surface area (Å²) in [5.74, 6) is 0.0240. The lowest BCUT2D eigenvalue weighted by molar-refractivity contribution is -0.139. The zero-order valence-electron chi connectivity index (χ0n) is 12.5. The predicted molar refractivity (Wildman–Crippen MR) is 84.4 cm³/mol. The molecule has 0 atom stereocenters. The Bertz CT molecular complexity index is 461. The van der Waals surface area contributed by atoms with Crippen molar-refractivity contribution in [3.63, 3.8) is 0 Å². The van der Waals surface area contributed by atoms with Crippen molar-refractivity contribution in [2.75, 3.05) is 26.2 Å². The first-order chi connectivity index (χ1) is 10.2. The van der Waals surface area contributed by atoms with Crippen LogP contribution in [0.15, 0.2) is 24.3 Å². The van der Waals surface area contributed by atoms with E-state index in [9.17, 15) is 4.79 Å². The van der Waals surface area contributed by atoms with Crippen LogP contribution in [-0.4, -0.2) is 43.2 Å². The maximum atomic E-state index is 12.3. The summed E-state index contributed by atoms with van der Waals surface area (Å²) in [7, 11) is 0. The number of carbonyl (C=O) groups is 1. The number of piperidine rings is 1. The normalized spacial score (nSPS) is 15.9. The van der Waals surface area contributed by atoms with E-state index in [0.717, 1.165) is 31.5 Å². The second kappa shape index (κ2) is 8.37. The van der Waals surface area contributed by atoms with Gasteiger partial charge in [0.05, 0.1) is 6.10 Å². The first kappa shape index (κ1) is 16.3. The highest BCUT2D eigenvalue weighted by Gasteiger charge is 2.18. The smallest absolute Gasteiger partial charge is 0.248 e. The van der Waals surface area contributed by atoms with Gasteiger partial charge in [-0.1, -0.05) is 29.8 Å². The van der Waals surface area contributed by atoms with Crippen LogP contribution < -0.4 is 5.32 Å². The Morgan fingerprint density at radius 3 is 2.76 bits per heavy atom. The van der Waals surface area contributed by atoms with Crippen molar-refractivity contribution in [2.24, 2.45) is 0 Å². The summed E-state index contributed by atoms with van der Waals surface area (Å²) in [6.45, 7) is 5.25. The van der Waals surface area contributed by atoms with Crippen LogP contribution in [0.3, 0.4) is 0 Å². The van der Waals surface area contributed by atoms with Crippen LogP contribution in [0.1, 0.15) is 25.3 Å². The van der Waals surface area contributed by atoms with E-state index in [1.54, 1.807) is 4.90 Å². The van der Waals surface area contributed by atoms with Crippen LogP contribution in [-0.2, 0) is 16.1 Å². The van der Waals surface area contributed by atoms with Crippen LogP contribution in [0.25, 0.3) is 0 Å². The lowest BCUT2D eigenvalue weighted by atomic mass is 10.1. The molecule has 1 saturated heterocycles. The Balaban J connectivity index is 1.85. The Hall–Kier alpha value is -1.10. The quantitative estimate of drug-likeness (QED) is 0.877. The third kappa shape index (κ3) is 4.99. The molecule has 1 amide bonds. The molecule has 1 N–H and O–H groups in total. The highest BCUT2D eigenvalue weighted by molar-refractivity contribution is 6.31. The molecule has 4 nitrogen and oxygen atoms in total. The molecule has 1 aliphatic rings. The number of nitrogens with zero attached hydrogens (tertiary/aromatic N) is 1. The summed E-state index contributed by atoms with van der Waals surface area (Å²) in [5.41, 5.74) is 0.969. The largest absolute Gasteiger partial charge is 0.368 e. The molecule has 1 aliphatic heterocycles. The van der Waals surface area contributed by atoms with Gasteiger partial charge < -0.3 is 15.0 Å². The molecule has 0 unspecified atom stereocenters. The number of hydrogen-bond acceptors (Lipinski definition) is 3. The minimum absolute atomic E-state index is 0.0240. The summed E-state index contributed by atoms with van der Waals surface area (Å²) in [4.78, 5) is 14.1. The van der Waals surface area contributed by atoms with Crippen molar-refractivity contribution < 1.29 is 9.53 Å². The van der Waals surface area contributed by atoms with Crippen LogP contribution in [0, 0.1) is 0 Å². The van der Waals surface area contributed by atoms with Crippen molar-refractivity contribution in [1.82, 2.24) is 10.2 Å². The van der Waals surface area contributed by atoms with E-state index >= 15 is 0 Å². The van der Waals surface area contributed by atoms with Gasteiger partial charge in [-0.2, -0.15) is 0 Å². The van der Waals surface area contributed by atoms with Gasteiger partial charge in [-0.3, -0.25) is 4.79 Å². The van der Waals surface area contributed by atoms with Crippen LogP contribution in [0.4, 0.5) is 0 Å². The average molecular weight is 311 g/mol. The summed E-state index contributed by atoms with van der Waals surface area (Å²) >= 11 is 6.15. The highest BCUT2D eigenvalue weighted by Crippen LogP contribution is 2.17. The van der Waals surface area contributed by atoms with E-state index in [4.69, 9.17) is 16.3 Å². The third-order valence-corrected chi connectivity index (χ3v) is 4.15. The number of hydrogen-bond donors (Lipinski definition) is 1. The average Bonchev–Trinajstić information content (AvgIpc) is 2.53. The Labute approximate surface area is 131 Å². The zero-order chi connectivity index (χ0) is 15.1. The summed E-state index contributed by atoms with van der Waals surface area (Å²) in [6.07, 6.45) is 2.16. The van der Waals surface area contributed by atoms with Gasteiger partial charge in [0, 0.05) is 18.1 Å². The maximum Gasteiger partial charge on any atom is 0.248 e. The highest BCUT2D eigenvalue weighted by atomic mass is 35.5. The number of amides is 1. The molecule has 21 heavy (non-hydrogen) atoms. The van der Waals surface area contributed by atoms with Gasteiger partial charge in [-0.25, -0.2) is 0 Å². The minimum Gasteiger partial charge on any atom is -0.368 e. The second-order valence-electron chi connectivity index (χ2n) is 5.26.